The van der Waals surface area contributed by atoms with E-state index in [1.54, 1.807) is 37.4 Å². The molecule has 2 aromatic rings. The normalized spacial score (nSPS) is 11.9. The maximum Gasteiger partial charge on any atom is 0.128 e. The summed E-state index contributed by atoms with van der Waals surface area (Å²) in [6.07, 6.45) is 0. The zero-order chi connectivity index (χ0) is 13.7. The van der Waals surface area contributed by atoms with Gasteiger partial charge in [-0.25, -0.2) is 4.39 Å². The van der Waals surface area contributed by atoms with Crippen molar-refractivity contribution in [3.05, 3.63) is 59.9 Å². The Morgan fingerprint density at radius 3 is 2.42 bits per heavy atom. The molecule has 0 fully saturated rings. The van der Waals surface area contributed by atoms with Crippen LogP contribution < -0.4 is 10.1 Å². The topological polar surface area (TPSA) is 41.5 Å². The predicted octanol–water partition coefficient (Wildman–Crippen LogP) is 2.98. The predicted molar refractivity (Wildman–Crippen MR) is 72.8 cm³/mol. The van der Waals surface area contributed by atoms with Crippen molar-refractivity contribution in [3.8, 4) is 5.75 Å². The molecule has 0 aliphatic rings. The van der Waals surface area contributed by atoms with E-state index in [1.807, 2.05) is 12.1 Å². The van der Waals surface area contributed by atoms with Crippen LogP contribution >= 0.6 is 0 Å². The Balaban J connectivity index is 2.17. The van der Waals surface area contributed by atoms with Crippen molar-refractivity contribution in [1.29, 1.82) is 0 Å². The summed E-state index contributed by atoms with van der Waals surface area (Å²) in [6.45, 7) is -0.188. The first-order valence-corrected chi connectivity index (χ1v) is 6.00. The van der Waals surface area contributed by atoms with Crippen molar-refractivity contribution in [1.82, 2.24) is 0 Å². The Morgan fingerprint density at radius 2 is 1.84 bits per heavy atom. The monoisotopic (exact) mass is 261 g/mol. The molecule has 2 N–H and O–H groups in total. The number of aliphatic hydroxyl groups excluding tert-OH is 1. The molecule has 0 saturated heterocycles. The molecule has 0 amide bonds. The lowest BCUT2D eigenvalue weighted by Gasteiger charge is -2.18. The molecule has 1 atom stereocenters. The summed E-state index contributed by atoms with van der Waals surface area (Å²) < 4.78 is 18.7. The van der Waals surface area contributed by atoms with E-state index in [-0.39, 0.29) is 12.4 Å². The fourth-order valence-corrected chi connectivity index (χ4v) is 1.87. The molecule has 0 radical (unpaired) electrons. The summed E-state index contributed by atoms with van der Waals surface area (Å²) in [6, 6.07) is 13.2. The smallest absolute Gasteiger partial charge is 0.128 e. The number of aliphatic hydroxyl groups is 1. The van der Waals surface area contributed by atoms with Crippen LogP contribution in [-0.4, -0.2) is 18.8 Å². The van der Waals surface area contributed by atoms with Gasteiger partial charge in [-0.15, -0.1) is 0 Å². The van der Waals surface area contributed by atoms with Gasteiger partial charge in [0.25, 0.3) is 0 Å². The van der Waals surface area contributed by atoms with Crippen LogP contribution in [0.15, 0.2) is 48.5 Å². The molecule has 2 aromatic carbocycles. The third kappa shape index (κ3) is 3.23. The van der Waals surface area contributed by atoms with Crippen LogP contribution in [-0.2, 0) is 0 Å². The lowest BCUT2D eigenvalue weighted by atomic mass is 10.1. The molecule has 0 heterocycles. The first-order chi connectivity index (χ1) is 9.24. The van der Waals surface area contributed by atoms with Crippen LogP contribution in [0.1, 0.15) is 11.6 Å². The van der Waals surface area contributed by atoms with E-state index in [2.05, 4.69) is 5.32 Å². The molecule has 3 nitrogen and oxygen atoms in total. The molecule has 19 heavy (non-hydrogen) atoms. The Labute approximate surface area is 111 Å². The van der Waals surface area contributed by atoms with E-state index in [1.165, 1.54) is 6.07 Å². The molecular weight excluding hydrogens is 245 g/mol. The van der Waals surface area contributed by atoms with E-state index in [4.69, 9.17) is 4.74 Å². The summed E-state index contributed by atoms with van der Waals surface area (Å²) in [5, 5.41) is 12.5. The first-order valence-electron chi connectivity index (χ1n) is 6.00. The third-order valence-electron chi connectivity index (χ3n) is 2.89. The van der Waals surface area contributed by atoms with Crippen molar-refractivity contribution in [2.75, 3.05) is 19.0 Å². The van der Waals surface area contributed by atoms with Gasteiger partial charge in [-0.05, 0) is 30.3 Å². The van der Waals surface area contributed by atoms with Crippen LogP contribution in [0.4, 0.5) is 10.1 Å². The van der Waals surface area contributed by atoms with E-state index in [0.717, 1.165) is 11.4 Å². The van der Waals surface area contributed by atoms with Gasteiger partial charge >= 0.3 is 0 Å². The molecule has 0 aromatic heterocycles. The Kier molecular flexibility index (Phi) is 4.36. The average Bonchev–Trinajstić information content (AvgIpc) is 2.46. The lowest BCUT2D eigenvalue weighted by Crippen LogP contribution is -2.16. The highest BCUT2D eigenvalue weighted by molar-refractivity contribution is 5.48. The van der Waals surface area contributed by atoms with Crippen LogP contribution in [0.2, 0.25) is 0 Å². The minimum atomic E-state index is -0.477. The van der Waals surface area contributed by atoms with Crippen molar-refractivity contribution >= 4 is 5.69 Å². The van der Waals surface area contributed by atoms with Crippen molar-refractivity contribution in [3.63, 3.8) is 0 Å². The minimum absolute atomic E-state index is 0.188. The van der Waals surface area contributed by atoms with Gasteiger partial charge in [0.1, 0.15) is 11.6 Å². The van der Waals surface area contributed by atoms with Crippen LogP contribution in [0.3, 0.4) is 0 Å². The van der Waals surface area contributed by atoms with E-state index < -0.39 is 6.04 Å². The van der Waals surface area contributed by atoms with Gasteiger partial charge in [0.15, 0.2) is 0 Å². The highest BCUT2D eigenvalue weighted by Gasteiger charge is 2.14. The highest BCUT2D eigenvalue weighted by Crippen LogP contribution is 2.23. The fraction of sp³-hybridized carbons (Fsp3) is 0.200. The maximum absolute atomic E-state index is 13.7. The first kappa shape index (κ1) is 13.4. The molecule has 0 saturated carbocycles. The number of nitrogens with one attached hydrogen (secondary N) is 1. The standard InChI is InChI=1S/C15H16FNO2/c1-19-12-8-6-11(7-9-12)17-15(10-18)13-4-2-3-5-14(13)16/h2-9,15,17-18H,10H2,1H3. The van der Waals surface area contributed by atoms with E-state index in [9.17, 15) is 9.50 Å². The Hall–Kier alpha value is -2.07. The fourth-order valence-electron chi connectivity index (χ4n) is 1.87. The van der Waals surface area contributed by atoms with Crippen molar-refractivity contribution in [2.45, 2.75) is 6.04 Å². The summed E-state index contributed by atoms with van der Waals surface area (Å²) in [4.78, 5) is 0. The largest absolute Gasteiger partial charge is 0.497 e. The number of rotatable bonds is 5. The number of ether oxygens (including phenoxy) is 1. The molecule has 4 heteroatoms. The minimum Gasteiger partial charge on any atom is -0.497 e. The molecule has 0 spiro atoms. The molecule has 0 bridgehead atoms. The zero-order valence-corrected chi connectivity index (χ0v) is 10.6. The number of hydrogen-bond donors (Lipinski definition) is 2. The zero-order valence-electron chi connectivity index (χ0n) is 10.6. The third-order valence-corrected chi connectivity index (χ3v) is 2.89. The van der Waals surface area contributed by atoms with Gasteiger partial charge in [-0.3, -0.25) is 0 Å². The van der Waals surface area contributed by atoms with Gasteiger partial charge in [0.2, 0.25) is 0 Å². The van der Waals surface area contributed by atoms with Crippen LogP contribution in [0.25, 0.3) is 0 Å². The second kappa shape index (κ2) is 6.20. The van der Waals surface area contributed by atoms with Crippen LogP contribution in [0.5, 0.6) is 5.75 Å². The Morgan fingerprint density at radius 1 is 1.16 bits per heavy atom. The number of halogens is 1. The average molecular weight is 261 g/mol. The van der Waals surface area contributed by atoms with Gasteiger partial charge in [-0.2, -0.15) is 0 Å². The van der Waals surface area contributed by atoms with Gasteiger partial charge in [0.05, 0.1) is 19.8 Å². The van der Waals surface area contributed by atoms with Crippen LogP contribution in [0, 0.1) is 5.82 Å². The summed E-state index contributed by atoms with van der Waals surface area (Å²) in [7, 11) is 1.60. The quantitative estimate of drug-likeness (QED) is 0.869. The molecular formula is C15H16FNO2. The number of hydrogen-bond acceptors (Lipinski definition) is 3. The SMILES string of the molecule is COc1ccc(NC(CO)c2ccccc2F)cc1. The van der Waals surface area contributed by atoms with Gasteiger partial charge in [-0.1, -0.05) is 18.2 Å². The summed E-state index contributed by atoms with van der Waals surface area (Å²) in [5.74, 6) is 0.416. The highest BCUT2D eigenvalue weighted by atomic mass is 19.1. The number of methoxy groups -OCH3 is 1. The van der Waals surface area contributed by atoms with Crippen molar-refractivity contribution in [2.24, 2.45) is 0 Å². The number of anilines is 1. The van der Waals surface area contributed by atoms with E-state index in [0.29, 0.717) is 5.56 Å². The molecule has 0 aliphatic heterocycles. The second-order valence-electron chi connectivity index (χ2n) is 4.13. The number of benzene rings is 2. The molecule has 1 unspecified atom stereocenters. The van der Waals surface area contributed by atoms with Crippen molar-refractivity contribution < 1.29 is 14.2 Å². The lowest BCUT2D eigenvalue weighted by molar-refractivity contribution is 0.274. The maximum atomic E-state index is 13.7. The molecule has 100 valence electrons. The summed E-state index contributed by atoms with van der Waals surface area (Å²) in [5.41, 5.74) is 1.24. The molecule has 0 aliphatic carbocycles. The summed E-state index contributed by atoms with van der Waals surface area (Å²) >= 11 is 0. The van der Waals surface area contributed by atoms with Gasteiger partial charge < -0.3 is 15.2 Å². The second-order valence-corrected chi connectivity index (χ2v) is 4.13. The van der Waals surface area contributed by atoms with Gasteiger partial charge in [0, 0.05) is 11.3 Å². The Bertz CT molecular complexity index is 528. The molecule has 2 rings (SSSR count). The van der Waals surface area contributed by atoms with E-state index >= 15 is 0 Å².